The second-order valence-corrected chi connectivity index (χ2v) is 5.79. The number of aliphatic imine (C=N–C) groups is 1. The standard InChI is InChI=1S/C17H26BN3O4/c1-12(14-8-4-5-9-15(14)18(24)25)20-11-7-6-10-16(17(23)19-3)21-13(2)22/h4-5,8-9,16,24-25H,6-7,10-11H2,1-3H3,(H,19,23)(H,21,22)/t16-/m0/s1. The molecule has 0 heterocycles. The van der Waals surface area contributed by atoms with E-state index in [1.165, 1.54) is 14.0 Å². The van der Waals surface area contributed by atoms with Crippen molar-refractivity contribution in [2.24, 2.45) is 4.99 Å². The van der Waals surface area contributed by atoms with Crippen LogP contribution in [0.2, 0.25) is 0 Å². The summed E-state index contributed by atoms with van der Waals surface area (Å²) in [5.74, 6) is -0.442. The van der Waals surface area contributed by atoms with Crippen molar-refractivity contribution >= 4 is 30.1 Å². The fourth-order valence-electron chi connectivity index (χ4n) is 2.53. The molecule has 25 heavy (non-hydrogen) atoms. The highest BCUT2D eigenvalue weighted by atomic mass is 16.4. The van der Waals surface area contributed by atoms with Crippen LogP contribution < -0.4 is 16.1 Å². The van der Waals surface area contributed by atoms with E-state index in [2.05, 4.69) is 15.6 Å². The maximum atomic E-state index is 11.7. The smallest absolute Gasteiger partial charge is 0.423 e. The predicted octanol–water partition coefficient (Wildman–Crippen LogP) is -0.404. The van der Waals surface area contributed by atoms with Gasteiger partial charge < -0.3 is 20.7 Å². The summed E-state index contributed by atoms with van der Waals surface area (Å²) in [6.07, 6.45) is 2.04. The third-order valence-corrected chi connectivity index (χ3v) is 3.82. The maximum Gasteiger partial charge on any atom is 0.489 e. The summed E-state index contributed by atoms with van der Waals surface area (Å²) in [6.45, 7) is 3.77. The van der Waals surface area contributed by atoms with E-state index in [9.17, 15) is 19.6 Å². The molecule has 0 fully saturated rings. The molecule has 0 saturated heterocycles. The summed E-state index contributed by atoms with van der Waals surface area (Å²) < 4.78 is 0. The highest BCUT2D eigenvalue weighted by molar-refractivity contribution is 6.60. The Morgan fingerprint density at radius 2 is 1.88 bits per heavy atom. The minimum absolute atomic E-state index is 0.208. The average molecular weight is 347 g/mol. The zero-order chi connectivity index (χ0) is 18.8. The van der Waals surface area contributed by atoms with Gasteiger partial charge in [-0.15, -0.1) is 0 Å². The highest BCUT2D eigenvalue weighted by Crippen LogP contribution is 2.04. The topological polar surface area (TPSA) is 111 Å². The van der Waals surface area contributed by atoms with E-state index in [4.69, 9.17) is 0 Å². The zero-order valence-corrected chi connectivity index (χ0v) is 15.0. The van der Waals surface area contributed by atoms with Gasteiger partial charge in [-0.25, -0.2) is 0 Å². The Balaban J connectivity index is 2.54. The summed E-state index contributed by atoms with van der Waals surface area (Å²) in [5, 5.41) is 24.0. The third kappa shape index (κ3) is 7.07. The number of amides is 2. The summed E-state index contributed by atoms with van der Waals surface area (Å²) in [7, 11) is 0.00462. The quantitative estimate of drug-likeness (QED) is 0.277. The van der Waals surface area contributed by atoms with Crippen LogP contribution in [0.4, 0.5) is 0 Å². The van der Waals surface area contributed by atoms with Gasteiger partial charge in [-0.3, -0.25) is 14.6 Å². The molecule has 8 heteroatoms. The molecular weight excluding hydrogens is 321 g/mol. The first-order chi connectivity index (χ1) is 11.9. The number of rotatable bonds is 9. The number of likely N-dealkylation sites (N-methyl/N-ethyl adjacent to an activating group) is 1. The van der Waals surface area contributed by atoms with Crippen LogP contribution in [0.15, 0.2) is 29.3 Å². The Bertz CT molecular complexity index is 620. The SMILES string of the molecule is CNC(=O)[C@H](CCCCN=C(C)c1ccccc1B(O)O)NC(C)=O. The second kappa shape index (κ2) is 10.6. The second-order valence-electron chi connectivity index (χ2n) is 5.79. The van der Waals surface area contributed by atoms with E-state index >= 15 is 0 Å². The van der Waals surface area contributed by atoms with Crippen LogP contribution in [0.1, 0.15) is 38.7 Å². The molecule has 0 aliphatic carbocycles. The molecule has 1 aromatic rings. The molecule has 4 N–H and O–H groups in total. The Labute approximate surface area is 148 Å². The molecule has 0 radical (unpaired) electrons. The molecule has 2 amide bonds. The van der Waals surface area contributed by atoms with Crippen molar-refractivity contribution in [1.29, 1.82) is 0 Å². The number of benzene rings is 1. The van der Waals surface area contributed by atoms with Crippen molar-refractivity contribution in [1.82, 2.24) is 10.6 Å². The lowest BCUT2D eigenvalue weighted by Gasteiger charge is -2.15. The molecule has 0 saturated carbocycles. The van der Waals surface area contributed by atoms with Gasteiger partial charge in [0.1, 0.15) is 6.04 Å². The van der Waals surface area contributed by atoms with Crippen molar-refractivity contribution in [3.05, 3.63) is 29.8 Å². The first-order valence-electron chi connectivity index (χ1n) is 8.32. The van der Waals surface area contributed by atoms with E-state index in [1.54, 1.807) is 18.2 Å². The lowest BCUT2D eigenvalue weighted by molar-refractivity contribution is -0.127. The van der Waals surface area contributed by atoms with Crippen LogP contribution in [0.5, 0.6) is 0 Å². The van der Waals surface area contributed by atoms with E-state index < -0.39 is 13.2 Å². The van der Waals surface area contributed by atoms with Crippen LogP contribution in [-0.4, -0.2) is 54.3 Å². The number of carbonyl (C=O) groups is 2. The van der Waals surface area contributed by atoms with Gasteiger partial charge in [0.25, 0.3) is 0 Å². The summed E-state index contributed by atoms with van der Waals surface area (Å²) in [4.78, 5) is 27.3. The summed E-state index contributed by atoms with van der Waals surface area (Å²) in [6, 6.07) is 6.48. The van der Waals surface area contributed by atoms with Gasteiger partial charge in [-0.05, 0) is 37.2 Å². The lowest BCUT2D eigenvalue weighted by Crippen LogP contribution is -2.44. The Morgan fingerprint density at radius 3 is 2.48 bits per heavy atom. The van der Waals surface area contributed by atoms with E-state index in [-0.39, 0.29) is 11.8 Å². The molecule has 7 nitrogen and oxygen atoms in total. The molecule has 0 aliphatic heterocycles. The fraction of sp³-hybridized carbons (Fsp3) is 0.471. The van der Waals surface area contributed by atoms with Gasteiger partial charge in [0, 0.05) is 26.2 Å². The summed E-state index contributed by atoms with van der Waals surface area (Å²) >= 11 is 0. The molecule has 0 bridgehead atoms. The Hall–Kier alpha value is -2.19. The van der Waals surface area contributed by atoms with Crippen LogP contribution in [-0.2, 0) is 9.59 Å². The van der Waals surface area contributed by atoms with E-state index in [0.717, 1.165) is 18.6 Å². The minimum atomic E-state index is -1.53. The first-order valence-corrected chi connectivity index (χ1v) is 8.32. The highest BCUT2D eigenvalue weighted by Gasteiger charge is 2.18. The number of unbranched alkanes of at least 4 members (excludes halogenated alkanes) is 1. The molecule has 0 spiro atoms. The van der Waals surface area contributed by atoms with Crippen molar-refractivity contribution in [2.45, 2.75) is 39.2 Å². The molecule has 0 aliphatic rings. The van der Waals surface area contributed by atoms with Crippen LogP contribution in [0, 0.1) is 0 Å². The maximum absolute atomic E-state index is 11.7. The predicted molar refractivity (Wildman–Crippen MR) is 98.9 cm³/mol. The molecule has 0 aromatic heterocycles. The normalized spacial score (nSPS) is 12.4. The van der Waals surface area contributed by atoms with Gasteiger partial charge in [-0.2, -0.15) is 0 Å². The monoisotopic (exact) mass is 347 g/mol. The average Bonchev–Trinajstić information content (AvgIpc) is 2.59. The number of hydrogen-bond donors (Lipinski definition) is 4. The number of nitrogens with zero attached hydrogens (tertiary/aromatic N) is 1. The molecule has 1 aromatic carbocycles. The molecule has 1 rings (SSSR count). The molecule has 136 valence electrons. The number of nitrogens with one attached hydrogen (secondary N) is 2. The van der Waals surface area contributed by atoms with Gasteiger partial charge in [-0.1, -0.05) is 24.3 Å². The fourth-order valence-corrected chi connectivity index (χ4v) is 2.53. The zero-order valence-electron chi connectivity index (χ0n) is 15.0. The van der Waals surface area contributed by atoms with E-state index in [0.29, 0.717) is 24.0 Å². The van der Waals surface area contributed by atoms with Crippen molar-refractivity contribution in [3.8, 4) is 0 Å². The van der Waals surface area contributed by atoms with Gasteiger partial charge in [0.05, 0.1) is 0 Å². The van der Waals surface area contributed by atoms with Gasteiger partial charge >= 0.3 is 7.12 Å². The molecular formula is C17H26BN3O4. The molecule has 0 unspecified atom stereocenters. The minimum Gasteiger partial charge on any atom is -0.423 e. The summed E-state index contributed by atoms with van der Waals surface area (Å²) in [5.41, 5.74) is 1.86. The number of hydrogen-bond acceptors (Lipinski definition) is 5. The van der Waals surface area contributed by atoms with Crippen molar-refractivity contribution in [2.75, 3.05) is 13.6 Å². The van der Waals surface area contributed by atoms with Crippen LogP contribution in [0.25, 0.3) is 0 Å². The van der Waals surface area contributed by atoms with Crippen LogP contribution in [0.3, 0.4) is 0 Å². The Morgan fingerprint density at radius 1 is 1.20 bits per heavy atom. The number of carbonyl (C=O) groups excluding carboxylic acids is 2. The molecule has 1 atom stereocenters. The van der Waals surface area contributed by atoms with Crippen molar-refractivity contribution < 1.29 is 19.6 Å². The van der Waals surface area contributed by atoms with Crippen LogP contribution >= 0.6 is 0 Å². The first kappa shape index (κ1) is 20.9. The Kier molecular flexibility index (Phi) is 8.87. The van der Waals surface area contributed by atoms with Gasteiger partial charge in [0.2, 0.25) is 11.8 Å². The van der Waals surface area contributed by atoms with Gasteiger partial charge in [0.15, 0.2) is 0 Å². The largest absolute Gasteiger partial charge is 0.489 e. The lowest BCUT2D eigenvalue weighted by atomic mass is 9.76. The third-order valence-electron chi connectivity index (χ3n) is 3.82. The van der Waals surface area contributed by atoms with E-state index in [1.807, 2.05) is 13.0 Å². The van der Waals surface area contributed by atoms with Crippen molar-refractivity contribution in [3.63, 3.8) is 0 Å².